The van der Waals surface area contributed by atoms with Crippen LogP contribution >= 0.6 is 0 Å². The Morgan fingerprint density at radius 3 is 2.36 bits per heavy atom. The third kappa shape index (κ3) is 2.04. The van der Waals surface area contributed by atoms with E-state index in [1.54, 1.807) is 0 Å². The number of carboxylic acids is 1. The number of halogens is 3. The summed E-state index contributed by atoms with van der Waals surface area (Å²) in [4.78, 5) is 21.4. The molecule has 78 valence electrons. The van der Waals surface area contributed by atoms with Crippen LogP contribution in [0, 0.1) is 0 Å². The second-order valence-electron chi connectivity index (χ2n) is 2.72. The summed E-state index contributed by atoms with van der Waals surface area (Å²) in [7, 11) is 0. The minimum absolute atomic E-state index is 0.192. The zero-order valence-electron chi connectivity index (χ0n) is 6.84. The number of carboxylic acid groups (broad SMARTS) is 1. The zero-order chi connectivity index (χ0) is 10.9. The summed E-state index contributed by atoms with van der Waals surface area (Å²) in [5.41, 5.74) is -0.192. The molecule has 1 heterocycles. The van der Waals surface area contributed by atoms with Crippen molar-refractivity contribution < 1.29 is 27.9 Å². The Balaban J connectivity index is 2.63. The van der Waals surface area contributed by atoms with Crippen LogP contribution in [-0.4, -0.2) is 41.1 Å². The lowest BCUT2D eigenvalue weighted by atomic mass is 10.3. The van der Waals surface area contributed by atoms with E-state index in [2.05, 4.69) is 0 Å². The van der Waals surface area contributed by atoms with Gasteiger partial charge in [-0.1, -0.05) is 6.08 Å². The molecule has 0 fully saturated rings. The van der Waals surface area contributed by atoms with E-state index in [9.17, 15) is 22.8 Å². The summed E-state index contributed by atoms with van der Waals surface area (Å²) in [6, 6.07) is 0. The van der Waals surface area contributed by atoms with Gasteiger partial charge in [0.2, 0.25) is 0 Å². The Bertz CT molecular complexity index is 308. The fraction of sp³-hybridized carbons (Fsp3) is 0.429. The quantitative estimate of drug-likeness (QED) is 0.680. The Morgan fingerprint density at radius 1 is 1.43 bits per heavy atom. The lowest BCUT2D eigenvalue weighted by molar-refractivity contribution is -0.184. The van der Waals surface area contributed by atoms with Crippen LogP contribution in [0.15, 0.2) is 11.6 Å². The largest absolute Gasteiger partial charge is 0.478 e. The maximum absolute atomic E-state index is 11.9. The Labute approximate surface area is 76.6 Å². The third-order valence-electron chi connectivity index (χ3n) is 1.72. The van der Waals surface area contributed by atoms with Crippen LogP contribution in [0.25, 0.3) is 0 Å². The minimum atomic E-state index is -4.94. The van der Waals surface area contributed by atoms with Gasteiger partial charge < -0.3 is 10.0 Å². The molecule has 0 aliphatic carbocycles. The topological polar surface area (TPSA) is 57.6 Å². The fourth-order valence-corrected chi connectivity index (χ4v) is 1.04. The normalized spacial score (nSPS) is 16.8. The predicted octanol–water partition coefficient (Wildman–Crippen LogP) is 0.402. The van der Waals surface area contributed by atoms with E-state index >= 15 is 0 Å². The van der Waals surface area contributed by atoms with Gasteiger partial charge in [-0.3, -0.25) is 4.79 Å². The molecule has 0 radical (unpaired) electrons. The van der Waals surface area contributed by atoms with E-state index in [0.29, 0.717) is 4.90 Å². The number of aliphatic carboxylic acids is 1. The standard InChI is InChI=1S/C7H6F3NO3/c8-7(9,10)6(14)11-2-1-4(3-11)5(12)13/h1H,2-3H2,(H,12,13). The van der Waals surface area contributed by atoms with Crippen molar-refractivity contribution in [3.05, 3.63) is 11.6 Å². The first-order valence-corrected chi connectivity index (χ1v) is 3.61. The van der Waals surface area contributed by atoms with Gasteiger partial charge in [0.1, 0.15) is 0 Å². The summed E-state index contributed by atoms with van der Waals surface area (Å²) in [6.45, 7) is -0.798. The van der Waals surface area contributed by atoms with Crippen LogP contribution < -0.4 is 0 Å². The van der Waals surface area contributed by atoms with Crippen molar-refractivity contribution in [2.24, 2.45) is 0 Å². The fourth-order valence-electron chi connectivity index (χ4n) is 1.04. The van der Waals surface area contributed by atoms with Gasteiger partial charge in [0.15, 0.2) is 0 Å². The number of hydrogen-bond donors (Lipinski definition) is 1. The highest BCUT2D eigenvalue weighted by molar-refractivity contribution is 5.90. The lowest BCUT2D eigenvalue weighted by Gasteiger charge is -2.17. The van der Waals surface area contributed by atoms with Crippen LogP contribution in [0.4, 0.5) is 13.2 Å². The monoisotopic (exact) mass is 209 g/mol. The van der Waals surface area contributed by atoms with Crippen molar-refractivity contribution in [2.45, 2.75) is 6.18 Å². The molecule has 0 bridgehead atoms. The summed E-state index contributed by atoms with van der Waals surface area (Å²) in [5, 5.41) is 8.43. The highest BCUT2D eigenvalue weighted by Crippen LogP contribution is 2.21. The first-order chi connectivity index (χ1) is 6.32. The first-order valence-electron chi connectivity index (χ1n) is 3.61. The molecular formula is C7H6F3NO3. The van der Waals surface area contributed by atoms with E-state index < -0.39 is 24.6 Å². The van der Waals surface area contributed by atoms with E-state index in [1.807, 2.05) is 0 Å². The molecular weight excluding hydrogens is 203 g/mol. The number of carbonyl (C=O) groups is 2. The summed E-state index contributed by atoms with van der Waals surface area (Å²) >= 11 is 0. The van der Waals surface area contributed by atoms with Crippen LogP contribution in [0.1, 0.15) is 0 Å². The van der Waals surface area contributed by atoms with Gasteiger partial charge in [0.05, 0.1) is 12.1 Å². The number of carbonyl (C=O) groups excluding carboxylic acids is 1. The second-order valence-corrected chi connectivity index (χ2v) is 2.72. The van der Waals surface area contributed by atoms with Gasteiger partial charge in [-0.05, 0) is 0 Å². The van der Waals surface area contributed by atoms with E-state index in [1.165, 1.54) is 0 Å². The first kappa shape index (κ1) is 10.6. The summed E-state index contributed by atoms with van der Waals surface area (Å²) in [6.07, 6.45) is -3.85. The van der Waals surface area contributed by atoms with Gasteiger partial charge in [-0.2, -0.15) is 13.2 Å². The molecule has 0 spiro atoms. The van der Waals surface area contributed by atoms with Crippen molar-refractivity contribution >= 4 is 11.9 Å². The summed E-state index contributed by atoms with van der Waals surface area (Å²) in [5.74, 6) is -3.31. The average molecular weight is 209 g/mol. The molecule has 0 saturated carbocycles. The highest BCUT2D eigenvalue weighted by atomic mass is 19.4. The van der Waals surface area contributed by atoms with Gasteiger partial charge in [-0.25, -0.2) is 4.79 Å². The molecule has 1 rings (SSSR count). The lowest BCUT2D eigenvalue weighted by Crippen LogP contribution is -2.40. The van der Waals surface area contributed by atoms with Gasteiger partial charge in [-0.15, -0.1) is 0 Å². The summed E-state index contributed by atoms with van der Waals surface area (Å²) < 4.78 is 35.6. The van der Waals surface area contributed by atoms with Gasteiger partial charge in [0.25, 0.3) is 0 Å². The number of nitrogens with zero attached hydrogens (tertiary/aromatic N) is 1. The molecule has 1 amide bonds. The maximum Gasteiger partial charge on any atom is 0.471 e. The molecule has 1 N–H and O–H groups in total. The van der Waals surface area contributed by atoms with Crippen molar-refractivity contribution in [2.75, 3.05) is 13.1 Å². The highest BCUT2D eigenvalue weighted by Gasteiger charge is 2.43. The van der Waals surface area contributed by atoms with Crippen molar-refractivity contribution in [1.82, 2.24) is 4.90 Å². The molecule has 0 aromatic carbocycles. The molecule has 0 atom stereocenters. The van der Waals surface area contributed by atoms with Crippen molar-refractivity contribution in [1.29, 1.82) is 0 Å². The van der Waals surface area contributed by atoms with Crippen LogP contribution in [0.3, 0.4) is 0 Å². The number of alkyl halides is 3. The Hall–Kier alpha value is -1.53. The number of hydrogen-bond acceptors (Lipinski definition) is 2. The maximum atomic E-state index is 11.9. The van der Waals surface area contributed by atoms with Crippen molar-refractivity contribution in [3.8, 4) is 0 Å². The Kier molecular flexibility index (Phi) is 2.50. The minimum Gasteiger partial charge on any atom is -0.478 e. The molecule has 1 aliphatic rings. The molecule has 0 saturated heterocycles. The van der Waals surface area contributed by atoms with Crippen molar-refractivity contribution in [3.63, 3.8) is 0 Å². The molecule has 7 heteroatoms. The van der Waals surface area contributed by atoms with Crippen LogP contribution in [0.5, 0.6) is 0 Å². The van der Waals surface area contributed by atoms with E-state index in [0.717, 1.165) is 6.08 Å². The number of rotatable bonds is 1. The average Bonchev–Trinajstić information content (AvgIpc) is 2.48. The molecule has 0 aromatic rings. The molecule has 4 nitrogen and oxygen atoms in total. The van der Waals surface area contributed by atoms with E-state index in [-0.39, 0.29) is 12.1 Å². The van der Waals surface area contributed by atoms with Crippen LogP contribution in [0.2, 0.25) is 0 Å². The zero-order valence-corrected chi connectivity index (χ0v) is 6.84. The second kappa shape index (κ2) is 3.32. The van der Waals surface area contributed by atoms with Gasteiger partial charge >= 0.3 is 18.1 Å². The SMILES string of the molecule is O=C(O)C1=CCN(C(=O)C(F)(F)F)C1. The van der Waals surface area contributed by atoms with E-state index in [4.69, 9.17) is 5.11 Å². The smallest absolute Gasteiger partial charge is 0.471 e. The Morgan fingerprint density at radius 2 is 2.00 bits per heavy atom. The van der Waals surface area contributed by atoms with Crippen LogP contribution in [-0.2, 0) is 9.59 Å². The third-order valence-corrected chi connectivity index (χ3v) is 1.72. The molecule has 14 heavy (non-hydrogen) atoms. The molecule has 0 unspecified atom stereocenters. The predicted molar refractivity (Wildman–Crippen MR) is 38.4 cm³/mol. The molecule has 0 aromatic heterocycles. The van der Waals surface area contributed by atoms with Gasteiger partial charge in [0, 0.05) is 6.54 Å². The molecule has 1 aliphatic heterocycles. The number of amides is 1.